The molecule has 2 fully saturated rings. The fraction of sp³-hybridized carbons (Fsp3) is 0.706. The van der Waals surface area contributed by atoms with Crippen molar-refractivity contribution in [3.8, 4) is 0 Å². The van der Waals surface area contributed by atoms with Gasteiger partial charge in [0.25, 0.3) is 0 Å². The standard InChI is InChI=1S/C17H28N4/c1-3-20-11-7-15(8-12-20)21-10-4-5-16(21)14-6-9-19-17(13-14)18-2/h6,9,13,15-16H,3-5,7-8,10-12H2,1-2H3,(H,18,19)/t16-/m1/s1. The Bertz CT molecular complexity index is 454. The van der Waals surface area contributed by atoms with Gasteiger partial charge < -0.3 is 10.2 Å². The molecule has 2 saturated heterocycles. The zero-order valence-corrected chi connectivity index (χ0v) is 13.4. The molecule has 2 aliphatic rings. The van der Waals surface area contributed by atoms with Crippen LogP contribution in [-0.4, -0.2) is 54.1 Å². The molecule has 0 amide bonds. The van der Waals surface area contributed by atoms with Crippen LogP contribution in [0.25, 0.3) is 0 Å². The lowest BCUT2D eigenvalue weighted by molar-refractivity contribution is 0.101. The fourth-order valence-electron chi connectivity index (χ4n) is 3.94. The minimum atomic E-state index is 0.596. The van der Waals surface area contributed by atoms with Gasteiger partial charge in [0.15, 0.2) is 0 Å². The molecule has 0 spiro atoms. The Hall–Kier alpha value is -1.13. The average molecular weight is 288 g/mol. The summed E-state index contributed by atoms with van der Waals surface area (Å²) in [5.41, 5.74) is 1.43. The lowest BCUT2D eigenvalue weighted by Crippen LogP contribution is -2.44. The molecule has 3 heterocycles. The van der Waals surface area contributed by atoms with Crippen molar-refractivity contribution in [3.63, 3.8) is 0 Å². The Morgan fingerprint density at radius 3 is 2.76 bits per heavy atom. The summed E-state index contributed by atoms with van der Waals surface area (Å²) >= 11 is 0. The van der Waals surface area contributed by atoms with Crippen molar-refractivity contribution in [2.45, 2.75) is 44.7 Å². The highest BCUT2D eigenvalue weighted by molar-refractivity contribution is 5.38. The third-order valence-electron chi connectivity index (χ3n) is 5.19. The molecule has 0 unspecified atom stereocenters. The average Bonchev–Trinajstić information content (AvgIpc) is 3.04. The number of piperidine rings is 1. The monoisotopic (exact) mass is 288 g/mol. The van der Waals surface area contributed by atoms with Gasteiger partial charge >= 0.3 is 0 Å². The van der Waals surface area contributed by atoms with Crippen LogP contribution in [0, 0.1) is 0 Å². The maximum Gasteiger partial charge on any atom is 0.125 e. The molecule has 1 aromatic heterocycles. The Morgan fingerprint density at radius 2 is 2.05 bits per heavy atom. The second-order valence-corrected chi connectivity index (χ2v) is 6.29. The molecular weight excluding hydrogens is 260 g/mol. The van der Waals surface area contributed by atoms with Gasteiger partial charge in [0, 0.05) is 25.3 Å². The number of likely N-dealkylation sites (tertiary alicyclic amines) is 2. The van der Waals surface area contributed by atoms with Crippen molar-refractivity contribution in [3.05, 3.63) is 23.9 Å². The zero-order valence-electron chi connectivity index (χ0n) is 13.4. The Labute approximate surface area is 128 Å². The molecule has 21 heavy (non-hydrogen) atoms. The summed E-state index contributed by atoms with van der Waals surface area (Å²) < 4.78 is 0. The third-order valence-corrected chi connectivity index (χ3v) is 5.19. The van der Waals surface area contributed by atoms with Gasteiger partial charge in [0.2, 0.25) is 0 Å². The van der Waals surface area contributed by atoms with Gasteiger partial charge in [-0.05, 0) is 69.6 Å². The topological polar surface area (TPSA) is 31.4 Å². The second kappa shape index (κ2) is 6.75. The van der Waals surface area contributed by atoms with E-state index in [1.54, 1.807) is 0 Å². The Balaban J connectivity index is 1.70. The number of pyridine rings is 1. The number of rotatable bonds is 4. The van der Waals surface area contributed by atoms with Crippen molar-refractivity contribution in [2.75, 3.05) is 38.5 Å². The molecule has 4 heteroatoms. The van der Waals surface area contributed by atoms with Gasteiger partial charge in [0.05, 0.1) is 0 Å². The van der Waals surface area contributed by atoms with E-state index in [9.17, 15) is 0 Å². The molecule has 116 valence electrons. The summed E-state index contributed by atoms with van der Waals surface area (Å²) in [4.78, 5) is 9.69. The number of aromatic nitrogens is 1. The molecule has 1 aromatic rings. The summed E-state index contributed by atoms with van der Waals surface area (Å²) in [5.74, 6) is 0.986. The van der Waals surface area contributed by atoms with E-state index in [4.69, 9.17) is 0 Å². The van der Waals surface area contributed by atoms with E-state index in [2.05, 4.69) is 39.2 Å². The van der Waals surface area contributed by atoms with Crippen LogP contribution < -0.4 is 5.32 Å². The van der Waals surface area contributed by atoms with Crippen LogP contribution in [0.15, 0.2) is 18.3 Å². The lowest BCUT2D eigenvalue weighted by Gasteiger charge is -2.39. The van der Waals surface area contributed by atoms with Crippen LogP contribution in [0.5, 0.6) is 0 Å². The van der Waals surface area contributed by atoms with Gasteiger partial charge in [-0.3, -0.25) is 4.90 Å². The highest BCUT2D eigenvalue weighted by Gasteiger charge is 2.33. The predicted octanol–water partition coefficient (Wildman–Crippen LogP) is 2.74. The highest BCUT2D eigenvalue weighted by atomic mass is 15.2. The van der Waals surface area contributed by atoms with E-state index in [0.717, 1.165) is 11.9 Å². The van der Waals surface area contributed by atoms with Gasteiger partial charge in [-0.1, -0.05) is 6.92 Å². The van der Waals surface area contributed by atoms with Crippen molar-refractivity contribution >= 4 is 5.82 Å². The first-order chi connectivity index (χ1) is 10.3. The van der Waals surface area contributed by atoms with Crippen LogP contribution in [-0.2, 0) is 0 Å². The van der Waals surface area contributed by atoms with Crippen molar-refractivity contribution in [2.24, 2.45) is 0 Å². The normalized spacial score (nSPS) is 25.3. The smallest absolute Gasteiger partial charge is 0.125 e. The predicted molar refractivity (Wildman–Crippen MR) is 87.6 cm³/mol. The number of anilines is 1. The third kappa shape index (κ3) is 3.22. The van der Waals surface area contributed by atoms with Crippen LogP contribution in [0.4, 0.5) is 5.82 Å². The molecule has 0 aromatic carbocycles. The maximum absolute atomic E-state index is 4.35. The number of hydrogen-bond acceptors (Lipinski definition) is 4. The van der Waals surface area contributed by atoms with Gasteiger partial charge in [-0.2, -0.15) is 0 Å². The first-order valence-corrected chi connectivity index (χ1v) is 8.43. The molecular formula is C17H28N4. The molecule has 0 bridgehead atoms. The van der Waals surface area contributed by atoms with E-state index in [1.165, 1.54) is 57.4 Å². The van der Waals surface area contributed by atoms with E-state index in [1.807, 2.05) is 13.2 Å². The van der Waals surface area contributed by atoms with Crippen molar-refractivity contribution in [1.82, 2.24) is 14.8 Å². The van der Waals surface area contributed by atoms with Crippen molar-refractivity contribution < 1.29 is 0 Å². The number of nitrogens with zero attached hydrogens (tertiary/aromatic N) is 3. The molecule has 0 aliphatic carbocycles. The molecule has 1 N–H and O–H groups in total. The SMILES string of the molecule is CCN1CCC(N2CCC[C@@H]2c2ccnc(NC)c2)CC1. The second-order valence-electron chi connectivity index (χ2n) is 6.29. The van der Waals surface area contributed by atoms with Gasteiger partial charge in [0.1, 0.15) is 5.82 Å². The Kier molecular flexibility index (Phi) is 4.76. The molecule has 2 aliphatic heterocycles. The molecule has 3 rings (SSSR count). The first kappa shape index (κ1) is 14.8. The minimum Gasteiger partial charge on any atom is -0.373 e. The number of hydrogen-bond donors (Lipinski definition) is 1. The fourth-order valence-corrected chi connectivity index (χ4v) is 3.94. The van der Waals surface area contributed by atoms with Crippen LogP contribution in [0.1, 0.15) is 44.2 Å². The summed E-state index contributed by atoms with van der Waals surface area (Å²) in [6, 6.07) is 5.79. The Morgan fingerprint density at radius 1 is 1.24 bits per heavy atom. The summed E-state index contributed by atoms with van der Waals surface area (Å²) in [6.07, 6.45) is 7.22. The summed E-state index contributed by atoms with van der Waals surface area (Å²) in [6.45, 7) is 7.27. The maximum atomic E-state index is 4.35. The highest BCUT2D eigenvalue weighted by Crippen LogP contribution is 2.36. The van der Waals surface area contributed by atoms with E-state index < -0.39 is 0 Å². The molecule has 4 nitrogen and oxygen atoms in total. The summed E-state index contributed by atoms with van der Waals surface area (Å²) in [5, 5.41) is 3.16. The van der Waals surface area contributed by atoms with Crippen LogP contribution in [0.2, 0.25) is 0 Å². The quantitative estimate of drug-likeness (QED) is 0.923. The zero-order chi connectivity index (χ0) is 14.7. The van der Waals surface area contributed by atoms with E-state index in [-0.39, 0.29) is 0 Å². The molecule has 0 radical (unpaired) electrons. The van der Waals surface area contributed by atoms with Gasteiger partial charge in [-0.25, -0.2) is 4.98 Å². The van der Waals surface area contributed by atoms with Crippen LogP contribution in [0.3, 0.4) is 0 Å². The lowest BCUT2D eigenvalue weighted by atomic mass is 9.99. The van der Waals surface area contributed by atoms with E-state index in [0.29, 0.717) is 6.04 Å². The van der Waals surface area contributed by atoms with Crippen LogP contribution >= 0.6 is 0 Å². The van der Waals surface area contributed by atoms with Crippen molar-refractivity contribution in [1.29, 1.82) is 0 Å². The largest absolute Gasteiger partial charge is 0.373 e. The first-order valence-electron chi connectivity index (χ1n) is 8.43. The van der Waals surface area contributed by atoms with Gasteiger partial charge in [-0.15, -0.1) is 0 Å². The molecule has 1 atom stereocenters. The number of nitrogens with one attached hydrogen (secondary N) is 1. The van der Waals surface area contributed by atoms with E-state index >= 15 is 0 Å². The summed E-state index contributed by atoms with van der Waals surface area (Å²) in [7, 11) is 1.94. The molecule has 0 saturated carbocycles. The minimum absolute atomic E-state index is 0.596.